The molecule has 3 aromatic rings. The lowest BCUT2D eigenvalue weighted by Crippen LogP contribution is -2.30. The summed E-state index contributed by atoms with van der Waals surface area (Å²) < 4.78 is 15.9. The molecule has 0 amide bonds. The normalized spacial score (nSPS) is 13.7. The number of nitrogens with zero attached hydrogens (tertiary/aromatic N) is 3. The number of fused-ring (bicyclic) bond motifs is 3. The molecule has 0 fully saturated rings. The van der Waals surface area contributed by atoms with E-state index >= 15 is 0 Å². The fourth-order valence-corrected chi connectivity index (χ4v) is 5.14. The topological polar surface area (TPSA) is 38.1 Å². The quantitative estimate of drug-likeness (QED) is 0.648. The molecule has 1 aliphatic carbocycles. The van der Waals surface area contributed by atoms with E-state index in [9.17, 15) is 9.18 Å². The van der Waals surface area contributed by atoms with Crippen LogP contribution < -0.4 is 10.5 Å². The molecular weight excluding hydrogens is 361 g/mol. The van der Waals surface area contributed by atoms with E-state index in [0.717, 1.165) is 35.9 Å². The number of rotatable bonds is 5. The van der Waals surface area contributed by atoms with Gasteiger partial charge in [0, 0.05) is 30.6 Å². The maximum atomic E-state index is 14.1. The Hall–Kier alpha value is -2.21. The third-order valence-corrected chi connectivity index (χ3v) is 6.39. The predicted octanol–water partition coefficient (Wildman–Crippen LogP) is 4.52. The summed E-state index contributed by atoms with van der Waals surface area (Å²) in [5.41, 5.74) is 1.87. The largest absolute Gasteiger partial charge is 0.341 e. The highest BCUT2D eigenvalue weighted by atomic mass is 32.1. The molecule has 0 N–H and O–H groups in total. The Labute approximate surface area is 162 Å². The first kappa shape index (κ1) is 18.2. The van der Waals surface area contributed by atoms with Crippen LogP contribution in [0, 0.1) is 5.82 Å². The van der Waals surface area contributed by atoms with Crippen LogP contribution in [0.1, 0.15) is 42.2 Å². The number of hydrogen-bond donors (Lipinski definition) is 0. The average Bonchev–Trinajstić information content (AvgIpc) is 3.04. The minimum Gasteiger partial charge on any atom is -0.341 e. The molecule has 0 spiro atoms. The average molecular weight is 386 g/mol. The molecule has 1 aliphatic rings. The van der Waals surface area contributed by atoms with Crippen molar-refractivity contribution >= 4 is 27.5 Å². The van der Waals surface area contributed by atoms with Gasteiger partial charge in [0.15, 0.2) is 0 Å². The van der Waals surface area contributed by atoms with Gasteiger partial charge in [-0.05, 0) is 43.7 Å². The van der Waals surface area contributed by atoms with Crippen molar-refractivity contribution in [1.82, 2.24) is 9.55 Å². The van der Waals surface area contributed by atoms with E-state index in [1.165, 1.54) is 22.9 Å². The second-order valence-corrected chi connectivity index (χ2v) is 8.29. The van der Waals surface area contributed by atoms with Crippen LogP contribution >= 0.6 is 11.3 Å². The van der Waals surface area contributed by atoms with E-state index in [4.69, 9.17) is 4.98 Å². The Balaban J connectivity index is 1.82. The predicted molar refractivity (Wildman–Crippen MR) is 109 cm³/mol. The second kappa shape index (κ2) is 7.43. The zero-order valence-corrected chi connectivity index (χ0v) is 16.6. The van der Waals surface area contributed by atoms with Crippen molar-refractivity contribution in [1.29, 1.82) is 0 Å². The molecular formula is C21H24FN3OS. The first-order valence-corrected chi connectivity index (χ1v) is 10.4. The van der Waals surface area contributed by atoms with Crippen LogP contribution in [0.4, 0.5) is 10.3 Å². The van der Waals surface area contributed by atoms with Gasteiger partial charge in [0.2, 0.25) is 5.95 Å². The molecule has 0 aliphatic heterocycles. The standard InChI is InChI=1S/C21H24FN3OS/c1-3-12-25-20(26)18-15-9-5-7-11-17(15)27-19(18)23-21(25)24(2)13-14-8-4-6-10-16(14)22/h4,6,8,10H,3,5,7,9,11-13H2,1-2H3. The Kier molecular flexibility index (Phi) is 5.00. The van der Waals surface area contributed by atoms with Crippen LogP contribution in [0.15, 0.2) is 29.1 Å². The van der Waals surface area contributed by atoms with Gasteiger partial charge in [-0.3, -0.25) is 9.36 Å². The third-order valence-electron chi connectivity index (χ3n) is 5.21. The molecule has 4 nitrogen and oxygen atoms in total. The highest BCUT2D eigenvalue weighted by molar-refractivity contribution is 7.18. The van der Waals surface area contributed by atoms with E-state index in [-0.39, 0.29) is 11.4 Å². The summed E-state index contributed by atoms with van der Waals surface area (Å²) in [6.45, 7) is 3.04. The van der Waals surface area contributed by atoms with E-state index in [0.29, 0.717) is 24.6 Å². The van der Waals surface area contributed by atoms with Gasteiger partial charge in [-0.25, -0.2) is 9.37 Å². The number of aromatic nitrogens is 2. The van der Waals surface area contributed by atoms with Crippen molar-refractivity contribution < 1.29 is 4.39 Å². The fraction of sp³-hybridized carbons (Fsp3) is 0.429. The van der Waals surface area contributed by atoms with Crippen LogP contribution in [0.2, 0.25) is 0 Å². The van der Waals surface area contributed by atoms with Crippen molar-refractivity contribution in [3.8, 4) is 0 Å². The Bertz CT molecular complexity index is 1040. The van der Waals surface area contributed by atoms with Crippen molar-refractivity contribution in [2.24, 2.45) is 0 Å². The lowest BCUT2D eigenvalue weighted by molar-refractivity contribution is 0.598. The smallest absolute Gasteiger partial charge is 0.263 e. The van der Waals surface area contributed by atoms with Crippen molar-refractivity contribution in [2.75, 3.05) is 11.9 Å². The van der Waals surface area contributed by atoms with Gasteiger partial charge >= 0.3 is 0 Å². The van der Waals surface area contributed by atoms with Crippen molar-refractivity contribution in [2.45, 2.75) is 52.1 Å². The lowest BCUT2D eigenvalue weighted by Gasteiger charge is -2.22. The first-order valence-electron chi connectivity index (χ1n) is 9.59. The molecule has 0 unspecified atom stereocenters. The van der Waals surface area contributed by atoms with Crippen molar-refractivity contribution in [3.05, 3.63) is 56.4 Å². The molecule has 142 valence electrons. The molecule has 0 atom stereocenters. The van der Waals surface area contributed by atoms with Gasteiger partial charge < -0.3 is 4.90 Å². The third kappa shape index (κ3) is 3.27. The monoisotopic (exact) mass is 385 g/mol. The highest BCUT2D eigenvalue weighted by Gasteiger charge is 2.23. The molecule has 2 heterocycles. The Morgan fingerprint density at radius 3 is 2.81 bits per heavy atom. The summed E-state index contributed by atoms with van der Waals surface area (Å²) in [5, 5.41) is 0.811. The summed E-state index contributed by atoms with van der Waals surface area (Å²) in [6, 6.07) is 6.75. The van der Waals surface area contributed by atoms with E-state index < -0.39 is 0 Å². The summed E-state index contributed by atoms with van der Waals surface area (Å²) in [7, 11) is 1.87. The molecule has 0 saturated heterocycles. The maximum absolute atomic E-state index is 14.1. The minimum atomic E-state index is -0.235. The minimum absolute atomic E-state index is 0.0524. The van der Waals surface area contributed by atoms with Crippen LogP contribution in [-0.4, -0.2) is 16.6 Å². The summed E-state index contributed by atoms with van der Waals surface area (Å²) in [6.07, 6.45) is 5.19. The summed E-state index contributed by atoms with van der Waals surface area (Å²) in [5.74, 6) is 0.387. The Morgan fingerprint density at radius 2 is 2.04 bits per heavy atom. The molecule has 6 heteroatoms. The highest BCUT2D eigenvalue weighted by Crippen LogP contribution is 2.34. The molecule has 0 bridgehead atoms. The first-order chi connectivity index (χ1) is 13.1. The van der Waals surface area contributed by atoms with Gasteiger partial charge in [-0.2, -0.15) is 0 Å². The van der Waals surface area contributed by atoms with E-state index in [1.54, 1.807) is 28.0 Å². The van der Waals surface area contributed by atoms with Crippen molar-refractivity contribution in [3.63, 3.8) is 0 Å². The fourth-order valence-electron chi connectivity index (χ4n) is 3.90. The van der Waals surface area contributed by atoms with Gasteiger partial charge in [0.25, 0.3) is 5.56 Å². The number of benzene rings is 1. The molecule has 4 rings (SSSR count). The van der Waals surface area contributed by atoms with Gasteiger partial charge in [-0.1, -0.05) is 25.1 Å². The number of anilines is 1. The SMILES string of the molecule is CCCn1c(N(C)Cc2ccccc2F)nc2sc3c(c2c1=O)CCCC3. The van der Waals surface area contributed by atoms with Crippen LogP contribution in [0.5, 0.6) is 0 Å². The van der Waals surface area contributed by atoms with Gasteiger partial charge in [0.05, 0.1) is 5.39 Å². The van der Waals surface area contributed by atoms with Crippen LogP contribution in [0.25, 0.3) is 10.2 Å². The zero-order chi connectivity index (χ0) is 19.0. The molecule has 0 saturated carbocycles. The lowest BCUT2D eigenvalue weighted by atomic mass is 9.97. The summed E-state index contributed by atoms with van der Waals surface area (Å²) >= 11 is 1.66. The molecule has 0 radical (unpaired) electrons. The van der Waals surface area contributed by atoms with Crippen LogP contribution in [0.3, 0.4) is 0 Å². The number of thiophene rings is 1. The molecule has 1 aromatic carbocycles. The number of hydrogen-bond acceptors (Lipinski definition) is 4. The molecule has 2 aromatic heterocycles. The second-order valence-electron chi connectivity index (χ2n) is 7.21. The Morgan fingerprint density at radius 1 is 1.26 bits per heavy atom. The summed E-state index contributed by atoms with van der Waals surface area (Å²) in [4.78, 5) is 22.2. The van der Waals surface area contributed by atoms with Gasteiger partial charge in [-0.15, -0.1) is 11.3 Å². The van der Waals surface area contributed by atoms with Crippen LogP contribution in [-0.2, 0) is 25.9 Å². The number of halogens is 1. The van der Waals surface area contributed by atoms with E-state index in [2.05, 4.69) is 6.92 Å². The molecule has 27 heavy (non-hydrogen) atoms. The maximum Gasteiger partial charge on any atom is 0.263 e. The van der Waals surface area contributed by atoms with E-state index in [1.807, 2.05) is 18.0 Å². The number of aryl methyl sites for hydroxylation is 2. The van der Waals surface area contributed by atoms with Gasteiger partial charge in [0.1, 0.15) is 10.6 Å². The zero-order valence-electron chi connectivity index (χ0n) is 15.8.